The first-order chi connectivity index (χ1) is 14.4. The second-order valence-electron chi connectivity index (χ2n) is 7.22. The van der Waals surface area contributed by atoms with Gasteiger partial charge in [0, 0.05) is 10.0 Å². The maximum Gasteiger partial charge on any atom is 0.343 e. The van der Waals surface area contributed by atoms with Crippen LogP contribution in [0.3, 0.4) is 0 Å². The van der Waals surface area contributed by atoms with E-state index < -0.39 is 5.97 Å². The van der Waals surface area contributed by atoms with Gasteiger partial charge in [0.2, 0.25) is 0 Å². The highest BCUT2D eigenvalue weighted by Gasteiger charge is 2.59. The molecule has 1 saturated heterocycles. The van der Waals surface area contributed by atoms with Gasteiger partial charge in [0.15, 0.2) is 18.1 Å². The largest absolute Gasteiger partial charge is 0.493 e. The minimum Gasteiger partial charge on any atom is -0.493 e. The van der Waals surface area contributed by atoms with Gasteiger partial charge in [0.1, 0.15) is 0 Å². The monoisotopic (exact) mass is 540 g/mol. The number of halogens is 2. The van der Waals surface area contributed by atoms with Gasteiger partial charge >= 0.3 is 5.97 Å². The van der Waals surface area contributed by atoms with Crippen LogP contribution < -0.4 is 9.47 Å². The lowest BCUT2D eigenvalue weighted by Crippen LogP contribution is -2.28. The zero-order valence-corrected chi connectivity index (χ0v) is 19.3. The lowest BCUT2D eigenvalue weighted by atomic mass is 9.85. The predicted molar refractivity (Wildman–Crippen MR) is 113 cm³/mol. The second kappa shape index (κ2) is 8.14. The Morgan fingerprint density at radius 1 is 1.17 bits per heavy atom. The lowest BCUT2D eigenvalue weighted by molar-refractivity contribution is -0.143. The number of nitrogens with zero attached hydrogens (tertiary/aromatic N) is 2. The second-order valence-corrected chi connectivity index (χ2v) is 8.81. The summed E-state index contributed by atoms with van der Waals surface area (Å²) < 4.78 is 16.5. The predicted octanol–water partition coefficient (Wildman–Crippen LogP) is 2.91. The molecule has 1 aliphatic heterocycles. The van der Waals surface area contributed by atoms with Crippen molar-refractivity contribution in [3.63, 3.8) is 0 Å². The number of allylic oxidation sites excluding steroid dienone is 2. The molecule has 1 aromatic rings. The molecule has 2 bridgehead atoms. The summed E-state index contributed by atoms with van der Waals surface area (Å²) in [5, 5.41) is 5.17. The smallest absolute Gasteiger partial charge is 0.343 e. The standard InChI is InChI=1S/C20H18Br2N2O6/c1-28-12-6-11(16(21)17(22)18(12)30-8-13(25)29-2)7-23-24-19(26)14-9-3-4-10(5-9)15(14)20(24)27/h3-4,6-7,9-10,14-15H,5,8H2,1-2H3/t9-,10-,14-,15+/m0/s1. The molecule has 1 saturated carbocycles. The van der Waals surface area contributed by atoms with Crippen molar-refractivity contribution < 1.29 is 28.6 Å². The normalized spacial score (nSPS) is 26.6. The van der Waals surface area contributed by atoms with Crippen LogP contribution in [0.4, 0.5) is 0 Å². The van der Waals surface area contributed by atoms with E-state index >= 15 is 0 Å². The molecular formula is C20H18Br2N2O6. The van der Waals surface area contributed by atoms with Crippen LogP contribution in [0.5, 0.6) is 11.5 Å². The highest BCUT2D eigenvalue weighted by atomic mass is 79.9. The topological polar surface area (TPSA) is 94.5 Å². The molecular weight excluding hydrogens is 524 g/mol. The minimum absolute atomic E-state index is 0.129. The number of ether oxygens (including phenoxy) is 3. The Kier molecular flexibility index (Phi) is 5.71. The number of carbonyl (C=O) groups excluding carboxylic acids is 3. The van der Waals surface area contributed by atoms with Crippen LogP contribution in [0.2, 0.25) is 0 Å². The van der Waals surface area contributed by atoms with E-state index in [0.29, 0.717) is 26.0 Å². The molecule has 30 heavy (non-hydrogen) atoms. The highest BCUT2D eigenvalue weighted by Crippen LogP contribution is 2.52. The molecule has 1 aromatic carbocycles. The van der Waals surface area contributed by atoms with E-state index in [0.717, 1.165) is 11.4 Å². The van der Waals surface area contributed by atoms with Crippen LogP contribution >= 0.6 is 31.9 Å². The molecule has 4 rings (SSSR count). The van der Waals surface area contributed by atoms with E-state index in [1.807, 2.05) is 12.2 Å². The molecule has 10 heteroatoms. The third-order valence-corrected chi connectivity index (χ3v) is 7.84. The molecule has 0 N–H and O–H groups in total. The van der Waals surface area contributed by atoms with Gasteiger partial charge in [-0.25, -0.2) is 4.79 Å². The van der Waals surface area contributed by atoms with Crippen molar-refractivity contribution in [2.75, 3.05) is 20.8 Å². The van der Waals surface area contributed by atoms with E-state index in [2.05, 4.69) is 41.7 Å². The number of methoxy groups -OCH3 is 2. The van der Waals surface area contributed by atoms with Gasteiger partial charge < -0.3 is 14.2 Å². The molecule has 3 aliphatic rings. The summed E-state index contributed by atoms with van der Waals surface area (Å²) in [5.74, 6) is -0.743. The number of benzene rings is 1. The Bertz CT molecular complexity index is 962. The Morgan fingerprint density at radius 2 is 1.80 bits per heavy atom. The van der Waals surface area contributed by atoms with Gasteiger partial charge in [-0.3, -0.25) is 9.59 Å². The van der Waals surface area contributed by atoms with Crippen LogP contribution in [-0.2, 0) is 19.1 Å². The minimum atomic E-state index is -0.536. The first kappa shape index (κ1) is 21.0. The van der Waals surface area contributed by atoms with Gasteiger partial charge in [-0.05, 0) is 56.2 Å². The van der Waals surface area contributed by atoms with Gasteiger partial charge in [-0.15, -0.1) is 0 Å². The maximum absolute atomic E-state index is 12.8. The van der Waals surface area contributed by atoms with E-state index in [1.165, 1.54) is 20.4 Å². The lowest BCUT2D eigenvalue weighted by Gasteiger charge is -2.15. The van der Waals surface area contributed by atoms with Crippen molar-refractivity contribution in [1.29, 1.82) is 0 Å². The summed E-state index contributed by atoms with van der Waals surface area (Å²) in [5.41, 5.74) is 0.558. The molecule has 0 spiro atoms. The SMILES string of the molecule is COC(=O)COc1c(OC)cc(C=NN2C(=O)[C@@H]3[C@H](C2=O)[C@H]2C=C[C@H]3C2)c(Br)c1Br. The first-order valence-corrected chi connectivity index (χ1v) is 10.8. The number of hydrogen-bond donors (Lipinski definition) is 0. The number of imide groups is 1. The number of hydrogen-bond acceptors (Lipinski definition) is 7. The molecule has 0 aromatic heterocycles. The molecule has 2 aliphatic carbocycles. The van der Waals surface area contributed by atoms with Gasteiger partial charge in [0.05, 0.1) is 36.7 Å². The third-order valence-electron chi connectivity index (χ3n) is 5.70. The van der Waals surface area contributed by atoms with E-state index in [-0.39, 0.29) is 42.1 Å². The van der Waals surface area contributed by atoms with Crippen molar-refractivity contribution in [2.45, 2.75) is 6.42 Å². The number of hydrazone groups is 1. The zero-order chi connectivity index (χ0) is 21.6. The highest BCUT2D eigenvalue weighted by molar-refractivity contribution is 9.13. The summed E-state index contributed by atoms with van der Waals surface area (Å²) in [6, 6.07) is 1.63. The fourth-order valence-corrected chi connectivity index (χ4v) is 5.23. The van der Waals surface area contributed by atoms with E-state index in [9.17, 15) is 14.4 Å². The Morgan fingerprint density at radius 3 is 2.37 bits per heavy atom. The summed E-state index contributed by atoms with van der Waals surface area (Å²) in [6.45, 7) is -0.290. The van der Waals surface area contributed by atoms with E-state index in [4.69, 9.17) is 9.47 Å². The van der Waals surface area contributed by atoms with Gasteiger partial charge in [-0.1, -0.05) is 12.2 Å². The number of rotatable bonds is 6. The van der Waals surface area contributed by atoms with Crippen LogP contribution in [0.25, 0.3) is 0 Å². The van der Waals surface area contributed by atoms with Gasteiger partial charge in [-0.2, -0.15) is 10.1 Å². The van der Waals surface area contributed by atoms with Crippen molar-refractivity contribution in [2.24, 2.45) is 28.8 Å². The molecule has 2 amide bonds. The average Bonchev–Trinajstić information content (AvgIpc) is 3.42. The van der Waals surface area contributed by atoms with Crippen LogP contribution in [-0.4, -0.2) is 49.8 Å². The molecule has 4 atom stereocenters. The van der Waals surface area contributed by atoms with Crippen molar-refractivity contribution >= 4 is 55.9 Å². The molecule has 158 valence electrons. The number of esters is 1. The quantitative estimate of drug-likeness (QED) is 0.238. The fraction of sp³-hybridized carbons (Fsp3) is 0.400. The number of amides is 2. The summed E-state index contributed by atoms with van der Waals surface area (Å²) in [6.07, 6.45) is 6.37. The van der Waals surface area contributed by atoms with Gasteiger partial charge in [0.25, 0.3) is 11.8 Å². The summed E-state index contributed by atoms with van der Waals surface area (Å²) in [7, 11) is 2.73. The number of carbonyl (C=O) groups is 3. The molecule has 2 fully saturated rings. The number of fused-ring (bicyclic) bond motifs is 5. The van der Waals surface area contributed by atoms with E-state index in [1.54, 1.807) is 6.07 Å². The molecule has 8 nitrogen and oxygen atoms in total. The molecule has 1 heterocycles. The summed E-state index contributed by atoms with van der Waals surface area (Å²) >= 11 is 6.86. The van der Waals surface area contributed by atoms with Crippen LogP contribution in [0, 0.1) is 23.7 Å². The van der Waals surface area contributed by atoms with Crippen molar-refractivity contribution in [3.05, 3.63) is 32.7 Å². The van der Waals surface area contributed by atoms with Crippen molar-refractivity contribution in [3.8, 4) is 11.5 Å². The Balaban J connectivity index is 1.58. The first-order valence-electron chi connectivity index (χ1n) is 9.23. The zero-order valence-electron chi connectivity index (χ0n) is 16.1. The van der Waals surface area contributed by atoms with Crippen LogP contribution in [0.15, 0.2) is 32.3 Å². The molecule has 0 radical (unpaired) electrons. The van der Waals surface area contributed by atoms with Crippen LogP contribution in [0.1, 0.15) is 12.0 Å². The van der Waals surface area contributed by atoms with Crippen molar-refractivity contribution in [1.82, 2.24) is 5.01 Å². The third kappa shape index (κ3) is 3.35. The Labute approximate surface area is 189 Å². The Hall–Kier alpha value is -2.20. The average molecular weight is 542 g/mol. The molecule has 0 unspecified atom stereocenters. The summed E-state index contributed by atoms with van der Waals surface area (Å²) in [4.78, 5) is 36.9. The fourth-order valence-electron chi connectivity index (χ4n) is 4.30. The maximum atomic E-state index is 12.8.